The standard InChI is InChI=1S/C9H12O5/c10-3-1-6-5-14-8(9(12)13)7(6)2-4-11/h5,10-11H,1-4H2,(H,12,13). The van der Waals surface area contributed by atoms with Crippen molar-refractivity contribution < 1.29 is 24.5 Å². The molecule has 3 N–H and O–H groups in total. The maximum absolute atomic E-state index is 10.7. The number of carbonyl (C=O) groups is 1. The smallest absolute Gasteiger partial charge is 0.372 e. The first kappa shape index (κ1) is 10.7. The molecule has 0 amide bonds. The SMILES string of the molecule is O=C(O)c1occ(CCO)c1CCO. The average molecular weight is 200 g/mol. The van der Waals surface area contributed by atoms with Gasteiger partial charge >= 0.3 is 5.97 Å². The number of aromatic carboxylic acids is 1. The third-order valence-corrected chi connectivity index (χ3v) is 1.92. The highest BCUT2D eigenvalue weighted by molar-refractivity contribution is 5.86. The molecule has 5 heteroatoms. The molecule has 0 aromatic carbocycles. The van der Waals surface area contributed by atoms with E-state index in [0.29, 0.717) is 17.5 Å². The number of hydrogen-bond donors (Lipinski definition) is 3. The molecular formula is C9H12O5. The van der Waals surface area contributed by atoms with Crippen molar-refractivity contribution in [3.63, 3.8) is 0 Å². The maximum atomic E-state index is 10.7. The molecule has 0 saturated heterocycles. The van der Waals surface area contributed by atoms with Gasteiger partial charge in [-0.2, -0.15) is 0 Å². The van der Waals surface area contributed by atoms with E-state index >= 15 is 0 Å². The fourth-order valence-corrected chi connectivity index (χ4v) is 1.31. The van der Waals surface area contributed by atoms with Gasteiger partial charge in [0.2, 0.25) is 5.76 Å². The molecule has 78 valence electrons. The predicted molar refractivity (Wildman–Crippen MR) is 47.2 cm³/mol. The van der Waals surface area contributed by atoms with Crippen LogP contribution in [0.5, 0.6) is 0 Å². The molecule has 0 radical (unpaired) electrons. The number of hydrogen-bond acceptors (Lipinski definition) is 4. The molecule has 0 unspecified atom stereocenters. The Labute approximate surface area is 80.6 Å². The summed E-state index contributed by atoms with van der Waals surface area (Å²) < 4.78 is 4.84. The lowest BCUT2D eigenvalue weighted by atomic mass is 10.1. The minimum absolute atomic E-state index is 0.0724. The van der Waals surface area contributed by atoms with Crippen molar-refractivity contribution in [2.45, 2.75) is 12.8 Å². The largest absolute Gasteiger partial charge is 0.475 e. The van der Waals surface area contributed by atoms with E-state index < -0.39 is 5.97 Å². The molecule has 0 fully saturated rings. The van der Waals surface area contributed by atoms with Crippen molar-refractivity contribution in [3.8, 4) is 0 Å². The number of carboxylic acid groups (broad SMARTS) is 1. The topological polar surface area (TPSA) is 90.9 Å². The molecule has 0 aliphatic carbocycles. The van der Waals surface area contributed by atoms with Crippen LogP contribution in [0.2, 0.25) is 0 Å². The molecule has 0 spiro atoms. The van der Waals surface area contributed by atoms with Gasteiger partial charge < -0.3 is 19.7 Å². The van der Waals surface area contributed by atoms with Crippen LogP contribution in [0.25, 0.3) is 0 Å². The molecular weight excluding hydrogens is 188 g/mol. The Bertz CT molecular complexity index is 315. The van der Waals surface area contributed by atoms with E-state index in [9.17, 15) is 4.79 Å². The van der Waals surface area contributed by atoms with Crippen LogP contribution < -0.4 is 0 Å². The van der Waals surface area contributed by atoms with E-state index in [1.165, 1.54) is 6.26 Å². The Kier molecular flexibility index (Phi) is 3.67. The summed E-state index contributed by atoms with van der Waals surface area (Å²) in [7, 11) is 0. The van der Waals surface area contributed by atoms with Crippen LogP contribution in [0.4, 0.5) is 0 Å². The van der Waals surface area contributed by atoms with Crippen molar-refractivity contribution in [1.82, 2.24) is 0 Å². The summed E-state index contributed by atoms with van der Waals surface area (Å²) in [6.07, 6.45) is 1.88. The van der Waals surface area contributed by atoms with Crippen molar-refractivity contribution in [3.05, 3.63) is 23.2 Å². The Morgan fingerprint density at radius 1 is 1.29 bits per heavy atom. The van der Waals surface area contributed by atoms with Crippen LogP contribution in [0, 0.1) is 0 Å². The molecule has 1 heterocycles. The number of carboxylic acids is 1. The minimum Gasteiger partial charge on any atom is -0.475 e. The highest BCUT2D eigenvalue weighted by Crippen LogP contribution is 2.18. The summed E-state index contributed by atoms with van der Waals surface area (Å²) in [6.45, 7) is -0.213. The van der Waals surface area contributed by atoms with E-state index in [1.54, 1.807) is 0 Å². The van der Waals surface area contributed by atoms with Gasteiger partial charge in [-0.3, -0.25) is 0 Å². The Hall–Kier alpha value is -1.33. The predicted octanol–water partition coefficient (Wildman–Crippen LogP) is 0.0474. The molecule has 1 aromatic rings. The minimum atomic E-state index is -1.15. The van der Waals surface area contributed by atoms with Crippen LogP contribution in [-0.4, -0.2) is 34.5 Å². The van der Waals surface area contributed by atoms with Gasteiger partial charge in [-0.1, -0.05) is 0 Å². The number of rotatable bonds is 5. The second kappa shape index (κ2) is 4.78. The van der Waals surface area contributed by atoms with Crippen molar-refractivity contribution in [1.29, 1.82) is 0 Å². The van der Waals surface area contributed by atoms with E-state index in [0.717, 1.165) is 0 Å². The fourth-order valence-electron chi connectivity index (χ4n) is 1.31. The zero-order chi connectivity index (χ0) is 10.6. The van der Waals surface area contributed by atoms with Crippen LogP contribution in [0.3, 0.4) is 0 Å². The van der Waals surface area contributed by atoms with E-state index in [1.807, 2.05) is 0 Å². The summed E-state index contributed by atoms with van der Waals surface area (Å²) in [5, 5.41) is 26.2. The highest BCUT2D eigenvalue weighted by atomic mass is 16.4. The third kappa shape index (κ3) is 2.12. The molecule has 0 aliphatic rings. The van der Waals surface area contributed by atoms with Gasteiger partial charge in [0.1, 0.15) is 0 Å². The zero-order valence-corrected chi connectivity index (χ0v) is 7.56. The van der Waals surface area contributed by atoms with Crippen LogP contribution >= 0.6 is 0 Å². The number of furan rings is 1. The molecule has 0 saturated carbocycles. The van der Waals surface area contributed by atoms with Crippen LogP contribution in [-0.2, 0) is 12.8 Å². The Morgan fingerprint density at radius 3 is 2.43 bits per heavy atom. The molecule has 0 aliphatic heterocycles. The molecule has 14 heavy (non-hydrogen) atoms. The number of aliphatic hydroxyl groups is 2. The molecule has 0 bridgehead atoms. The fraction of sp³-hybridized carbons (Fsp3) is 0.444. The first-order chi connectivity index (χ1) is 6.70. The highest BCUT2D eigenvalue weighted by Gasteiger charge is 2.18. The van der Waals surface area contributed by atoms with Gasteiger partial charge in [0.05, 0.1) is 6.26 Å². The number of aliphatic hydroxyl groups excluding tert-OH is 2. The van der Waals surface area contributed by atoms with Gasteiger partial charge in [-0.15, -0.1) is 0 Å². The normalized spacial score (nSPS) is 10.4. The third-order valence-electron chi connectivity index (χ3n) is 1.92. The van der Waals surface area contributed by atoms with Gasteiger partial charge in [0.15, 0.2) is 0 Å². The summed E-state index contributed by atoms with van der Waals surface area (Å²) in [5.74, 6) is -1.31. The van der Waals surface area contributed by atoms with Gasteiger partial charge in [0.25, 0.3) is 0 Å². The molecule has 1 rings (SSSR count). The monoisotopic (exact) mass is 200 g/mol. The zero-order valence-electron chi connectivity index (χ0n) is 7.56. The second-order valence-electron chi connectivity index (χ2n) is 2.82. The van der Waals surface area contributed by atoms with Crippen molar-refractivity contribution >= 4 is 5.97 Å². The lowest BCUT2D eigenvalue weighted by Crippen LogP contribution is -2.04. The summed E-state index contributed by atoms with van der Waals surface area (Å²) >= 11 is 0. The molecule has 5 nitrogen and oxygen atoms in total. The van der Waals surface area contributed by atoms with Gasteiger partial charge in [-0.25, -0.2) is 4.79 Å². The lowest BCUT2D eigenvalue weighted by molar-refractivity contribution is 0.0660. The molecule has 1 aromatic heterocycles. The summed E-state index contributed by atoms with van der Waals surface area (Å²) in [5.41, 5.74) is 1.10. The maximum Gasteiger partial charge on any atom is 0.372 e. The second-order valence-corrected chi connectivity index (χ2v) is 2.82. The van der Waals surface area contributed by atoms with Crippen LogP contribution in [0.1, 0.15) is 21.7 Å². The summed E-state index contributed by atoms with van der Waals surface area (Å²) in [6, 6.07) is 0. The molecule has 0 atom stereocenters. The lowest BCUT2D eigenvalue weighted by Gasteiger charge is -1.99. The first-order valence-electron chi connectivity index (χ1n) is 4.25. The van der Waals surface area contributed by atoms with E-state index in [-0.39, 0.29) is 25.4 Å². The van der Waals surface area contributed by atoms with Crippen LogP contribution in [0.15, 0.2) is 10.7 Å². The summed E-state index contributed by atoms with van der Waals surface area (Å²) in [4.78, 5) is 10.7. The van der Waals surface area contributed by atoms with E-state index in [4.69, 9.17) is 19.7 Å². The Balaban J connectivity index is 3.00. The first-order valence-corrected chi connectivity index (χ1v) is 4.25. The van der Waals surface area contributed by atoms with Crippen molar-refractivity contribution in [2.24, 2.45) is 0 Å². The van der Waals surface area contributed by atoms with Gasteiger partial charge in [0, 0.05) is 18.8 Å². The Morgan fingerprint density at radius 2 is 1.93 bits per heavy atom. The average Bonchev–Trinajstić information content (AvgIpc) is 2.50. The van der Waals surface area contributed by atoms with E-state index in [2.05, 4.69) is 0 Å². The van der Waals surface area contributed by atoms with Crippen molar-refractivity contribution in [2.75, 3.05) is 13.2 Å². The van der Waals surface area contributed by atoms with Gasteiger partial charge in [-0.05, 0) is 18.4 Å². The quantitative estimate of drug-likeness (QED) is 0.624.